The summed E-state index contributed by atoms with van der Waals surface area (Å²) in [7, 11) is 0. The maximum absolute atomic E-state index is 12.8. The first-order valence-electron chi connectivity index (χ1n) is 6.88. The Labute approximate surface area is 124 Å². The standard InChI is InChI=1S/C15H13F3N2O2/c16-15(17,18)10-5-3-4-9(8-10)13-19-12(14(21)22)11-6-1-2-7-20(11)13/h3-5,8H,1-2,6-7H2,(H,21,22). The Bertz CT molecular complexity index is 735. The number of nitrogens with zero attached hydrogens (tertiary/aromatic N) is 2. The SMILES string of the molecule is O=C(O)c1nc(-c2cccc(C(F)(F)F)c2)n2c1CCCC2. The molecule has 0 saturated carbocycles. The van der Waals surface area contributed by atoms with Gasteiger partial charge in [-0.1, -0.05) is 12.1 Å². The van der Waals surface area contributed by atoms with Gasteiger partial charge in [-0.3, -0.25) is 0 Å². The van der Waals surface area contributed by atoms with Crippen LogP contribution in [0.2, 0.25) is 0 Å². The van der Waals surface area contributed by atoms with E-state index in [2.05, 4.69) is 4.98 Å². The average Bonchev–Trinajstić information content (AvgIpc) is 2.86. The van der Waals surface area contributed by atoms with Gasteiger partial charge in [0.2, 0.25) is 0 Å². The fourth-order valence-corrected chi connectivity index (χ4v) is 2.77. The number of halogens is 3. The molecule has 22 heavy (non-hydrogen) atoms. The van der Waals surface area contributed by atoms with Gasteiger partial charge in [0.05, 0.1) is 11.3 Å². The molecule has 1 aromatic heterocycles. The summed E-state index contributed by atoms with van der Waals surface area (Å²) in [5.41, 5.74) is 0.0405. The average molecular weight is 310 g/mol. The van der Waals surface area contributed by atoms with E-state index in [1.165, 1.54) is 12.1 Å². The van der Waals surface area contributed by atoms with E-state index in [4.69, 9.17) is 0 Å². The van der Waals surface area contributed by atoms with Gasteiger partial charge in [-0.25, -0.2) is 9.78 Å². The van der Waals surface area contributed by atoms with Crippen molar-refractivity contribution in [2.24, 2.45) is 0 Å². The van der Waals surface area contributed by atoms with Crippen LogP contribution in [0.25, 0.3) is 11.4 Å². The van der Waals surface area contributed by atoms with Crippen molar-refractivity contribution in [1.82, 2.24) is 9.55 Å². The molecule has 1 N–H and O–H groups in total. The van der Waals surface area contributed by atoms with Crippen molar-refractivity contribution in [3.8, 4) is 11.4 Å². The maximum atomic E-state index is 12.8. The third-order valence-electron chi connectivity index (χ3n) is 3.77. The Morgan fingerprint density at radius 3 is 2.73 bits per heavy atom. The van der Waals surface area contributed by atoms with Crippen molar-refractivity contribution in [3.63, 3.8) is 0 Å². The maximum Gasteiger partial charge on any atom is 0.416 e. The molecule has 0 fully saturated rings. The summed E-state index contributed by atoms with van der Waals surface area (Å²) < 4.78 is 40.2. The minimum Gasteiger partial charge on any atom is -0.476 e. The highest BCUT2D eigenvalue weighted by Gasteiger charge is 2.31. The van der Waals surface area contributed by atoms with Gasteiger partial charge in [0.1, 0.15) is 5.82 Å². The zero-order chi connectivity index (χ0) is 15.9. The number of rotatable bonds is 2. The van der Waals surface area contributed by atoms with E-state index >= 15 is 0 Å². The van der Waals surface area contributed by atoms with Gasteiger partial charge >= 0.3 is 12.1 Å². The third-order valence-corrected chi connectivity index (χ3v) is 3.77. The Balaban J connectivity index is 2.15. The van der Waals surface area contributed by atoms with Crippen LogP contribution in [0.1, 0.15) is 34.6 Å². The van der Waals surface area contributed by atoms with Crippen molar-refractivity contribution in [3.05, 3.63) is 41.2 Å². The molecule has 3 rings (SSSR count). The highest BCUT2D eigenvalue weighted by Crippen LogP contribution is 2.33. The molecule has 1 aromatic carbocycles. The molecule has 0 unspecified atom stereocenters. The number of aromatic carboxylic acids is 1. The van der Waals surface area contributed by atoms with Crippen LogP contribution >= 0.6 is 0 Å². The monoisotopic (exact) mass is 310 g/mol. The van der Waals surface area contributed by atoms with Crippen molar-refractivity contribution in [1.29, 1.82) is 0 Å². The second-order valence-corrected chi connectivity index (χ2v) is 5.22. The van der Waals surface area contributed by atoms with Crippen LogP contribution in [0.5, 0.6) is 0 Å². The van der Waals surface area contributed by atoms with Crippen LogP contribution in [-0.4, -0.2) is 20.6 Å². The minimum atomic E-state index is -4.44. The smallest absolute Gasteiger partial charge is 0.416 e. The van der Waals surface area contributed by atoms with Crippen LogP contribution in [0.15, 0.2) is 24.3 Å². The van der Waals surface area contributed by atoms with E-state index < -0.39 is 17.7 Å². The van der Waals surface area contributed by atoms with Gasteiger partial charge in [0.25, 0.3) is 0 Å². The topological polar surface area (TPSA) is 55.1 Å². The molecule has 0 radical (unpaired) electrons. The number of hydrogen-bond acceptors (Lipinski definition) is 2. The Morgan fingerprint density at radius 2 is 2.05 bits per heavy atom. The molecule has 1 aliphatic heterocycles. The van der Waals surface area contributed by atoms with Gasteiger partial charge in [0.15, 0.2) is 5.69 Å². The van der Waals surface area contributed by atoms with Gasteiger partial charge < -0.3 is 9.67 Å². The highest BCUT2D eigenvalue weighted by atomic mass is 19.4. The summed E-state index contributed by atoms with van der Waals surface area (Å²) in [5.74, 6) is -0.859. The van der Waals surface area contributed by atoms with Crippen molar-refractivity contribution in [2.45, 2.75) is 32.0 Å². The van der Waals surface area contributed by atoms with E-state index in [1.807, 2.05) is 0 Å². The second kappa shape index (κ2) is 5.15. The number of carboxylic acid groups (broad SMARTS) is 1. The molecule has 0 atom stereocenters. The van der Waals surface area contributed by atoms with Crippen molar-refractivity contribution < 1.29 is 23.1 Å². The first-order chi connectivity index (χ1) is 10.4. The van der Waals surface area contributed by atoms with Gasteiger partial charge in [-0.05, 0) is 31.4 Å². The normalized spacial score (nSPS) is 14.7. The lowest BCUT2D eigenvalue weighted by atomic mass is 10.1. The van der Waals surface area contributed by atoms with Crippen molar-refractivity contribution >= 4 is 5.97 Å². The fraction of sp³-hybridized carbons (Fsp3) is 0.333. The molecule has 0 amide bonds. The number of alkyl halides is 3. The molecule has 2 aromatic rings. The Hall–Kier alpha value is -2.31. The number of carbonyl (C=O) groups is 1. The molecular weight excluding hydrogens is 297 g/mol. The molecule has 0 saturated heterocycles. The third kappa shape index (κ3) is 2.47. The van der Waals surface area contributed by atoms with Crippen LogP contribution in [0, 0.1) is 0 Å². The summed E-state index contributed by atoms with van der Waals surface area (Å²) in [6.07, 6.45) is -2.15. The predicted octanol–water partition coefficient (Wildman–Crippen LogP) is 3.60. The van der Waals surface area contributed by atoms with E-state index in [0.717, 1.165) is 25.0 Å². The summed E-state index contributed by atoms with van der Waals surface area (Å²) in [4.78, 5) is 15.4. The predicted molar refractivity (Wildman–Crippen MR) is 72.6 cm³/mol. The molecule has 2 heterocycles. The molecule has 0 spiro atoms. The largest absolute Gasteiger partial charge is 0.476 e. The zero-order valence-electron chi connectivity index (χ0n) is 11.5. The van der Waals surface area contributed by atoms with Crippen LogP contribution < -0.4 is 0 Å². The quantitative estimate of drug-likeness (QED) is 0.922. The number of aromatic nitrogens is 2. The van der Waals surface area contributed by atoms with E-state index in [1.54, 1.807) is 4.57 Å². The highest BCUT2D eigenvalue weighted by molar-refractivity contribution is 5.88. The van der Waals surface area contributed by atoms with Gasteiger partial charge in [0, 0.05) is 12.1 Å². The Morgan fingerprint density at radius 1 is 1.27 bits per heavy atom. The summed E-state index contributed by atoms with van der Waals surface area (Å²) >= 11 is 0. The van der Waals surface area contributed by atoms with E-state index in [0.29, 0.717) is 24.5 Å². The molecule has 116 valence electrons. The van der Waals surface area contributed by atoms with Gasteiger partial charge in [-0.15, -0.1) is 0 Å². The number of imidazole rings is 1. The summed E-state index contributed by atoms with van der Waals surface area (Å²) in [6, 6.07) is 4.83. The minimum absolute atomic E-state index is 0.0629. The first-order valence-corrected chi connectivity index (χ1v) is 6.88. The first kappa shape index (κ1) is 14.6. The number of hydrogen-bond donors (Lipinski definition) is 1. The van der Waals surface area contributed by atoms with Crippen molar-refractivity contribution in [2.75, 3.05) is 0 Å². The van der Waals surface area contributed by atoms with Crippen LogP contribution in [-0.2, 0) is 19.1 Å². The number of fused-ring (bicyclic) bond motifs is 1. The van der Waals surface area contributed by atoms with Crippen LogP contribution in [0.3, 0.4) is 0 Å². The molecular formula is C15H13F3N2O2. The van der Waals surface area contributed by atoms with E-state index in [9.17, 15) is 23.1 Å². The molecule has 7 heteroatoms. The second-order valence-electron chi connectivity index (χ2n) is 5.22. The fourth-order valence-electron chi connectivity index (χ4n) is 2.77. The van der Waals surface area contributed by atoms with E-state index in [-0.39, 0.29) is 11.3 Å². The zero-order valence-corrected chi connectivity index (χ0v) is 11.5. The lowest BCUT2D eigenvalue weighted by molar-refractivity contribution is -0.137. The lowest BCUT2D eigenvalue weighted by Gasteiger charge is -2.17. The summed E-state index contributed by atoms with van der Waals surface area (Å²) in [6.45, 7) is 0.571. The number of benzene rings is 1. The summed E-state index contributed by atoms with van der Waals surface area (Å²) in [5, 5.41) is 9.23. The number of carboxylic acids is 1. The lowest BCUT2D eigenvalue weighted by Crippen LogP contribution is -2.13. The van der Waals surface area contributed by atoms with Gasteiger partial charge in [-0.2, -0.15) is 13.2 Å². The van der Waals surface area contributed by atoms with Crippen LogP contribution in [0.4, 0.5) is 13.2 Å². The molecule has 4 nitrogen and oxygen atoms in total. The molecule has 0 aliphatic carbocycles. The Kier molecular flexibility index (Phi) is 3.42. The molecule has 0 bridgehead atoms. The molecule has 1 aliphatic rings.